The van der Waals surface area contributed by atoms with Crippen LogP contribution >= 0.6 is 11.8 Å². The molecule has 1 unspecified atom stereocenters. The zero-order chi connectivity index (χ0) is 13.8. The first kappa shape index (κ1) is 14.4. The van der Waals surface area contributed by atoms with E-state index in [1.54, 1.807) is 0 Å². The highest BCUT2D eigenvalue weighted by molar-refractivity contribution is 7.99. The van der Waals surface area contributed by atoms with Gasteiger partial charge in [-0.25, -0.2) is 0 Å². The molecule has 1 atom stereocenters. The molecule has 104 valence electrons. The van der Waals surface area contributed by atoms with Crippen molar-refractivity contribution in [2.24, 2.45) is 5.92 Å². The second kappa shape index (κ2) is 6.44. The Morgan fingerprint density at radius 3 is 2.89 bits per heavy atom. The summed E-state index contributed by atoms with van der Waals surface area (Å²) >= 11 is 1.86. The number of rotatable bonds is 6. The van der Waals surface area contributed by atoms with Crippen LogP contribution in [0.4, 0.5) is 5.69 Å². The zero-order valence-electron chi connectivity index (χ0n) is 11.8. The Bertz CT molecular complexity index is 459. The van der Waals surface area contributed by atoms with Gasteiger partial charge in [0.25, 0.3) is 0 Å². The van der Waals surface area contributed by atoms with Crippen molar-refractivity contribution in [1.29, 1.82) is 0 Å². The van der Waals surface area contributed by atoms with E-state index in [9.17, 15) is 4.79 Å². The molecule has 1 aromatic carbocycles. The third kappa shape index (κ3) is 3.51. The van der Waals surface area contributed by atoms with Crippen molar-refractivity contribution >= 4 is 23.4 Å². The Balaban J connectivity index is 2.05. The van der Waals surface area contributed by atoms with Crippen LogP contribution in [0.25, 0.3) is 0 Å². The van der Waals surface area contributed by atoms with E-state index in [1.165, 1.54) is 11.3 Å². The summed E-state index contributed by atoms with van der Waals surface area (Å²) in [6.45, 7) is 7.29. The molecule has 0 bridgehead atoms. The summed E-state index contributed by atoms with van der Waals surface area (Å²) in [5, 5.41) is 6.17. The second-order valence-corrected chi connectivity index (χ2v) is 6.43. The first-order chi connectivity index (χ1) is 9.11. The average Bonchev–Trinajstić information content (AvgIpc) is 2.65. The predicted octanol–water partition coefficient (Wildman–Crippen LogP) is 3.43. The number of likely N-dealkylation sites (N-methyl/N-ethyl adjacent to an activating group) is 1. The number of nitrogens with one attached hydrogen (secondary N) is 2. The molecule has 0 aliphatic carbocycles. The lowest BCUT2D eigenvalue weighted by molar-refractivity contribution is -0.117. The van der Waals surface area contributed by atoms with Crippen LogP contribution in [0.5, 0.6) is 0 Å². The molecular formula is C15H22N2OS. The van der Waals surface area contributed by atoms with Crippen LogP contribution in [0.3, 0.4) is 0 Å². The van der Waals surface area contributed by atoms with Gasteiger partial charge in [0, 0.05) is 16.1 Å². The normalized spacial score (nSPS) is 17.7. The van der Waals surface area contributed by atoms with Crippen LogP contribution < -0.4 is 10.6 Å². The summed E-state index contributed by atoms with van der Waals surface area (Å²) in [6, 6.07) is 6.09. The Hall–Kier alpha value is -1.00. The molecule has 1 aliphatic heterocycles. The van der Waals surface area contributed by atoms with Crippen LogP contribution in [0.15, 0.2) is 23.1 Å². The molecule has 1 amide bonds. The number of fused-ring (bicyclic) bond motifs is 1. The second-order valence-electron chi connectivity index (χ2n) is 5.26. The molecule has 2 N–H and O–H groups in total. The molecule has 3 nitrogen and oxygen atoms in total. The molecule has 2 rings (SSSR count). The van der Waals surface area contributed by atoms with Crippen LogP contribution in [-0.2, 0) is 4.79 Å². The van der Waals surface area contributed by atoms with Gasteiger partial charge in [-0.05, 0) is 36.8 Å². The summed E-state index contributed by atoms with van der Waals surface area (Å²) in [5.74, 6) is 1.92. The maximum absolute atomic E-state index is 11.9. The Morgan fingerprint density at radius 2 is 2.21 bits per heavy atom. The summed E-state index contributed by atoms with van der Waals surface area (Å²) in [7, 11) is 0. The van der Waals surface area contributed by atoms with E-state index < -0.39 is 0 Å². The van der Waals surface area contributed by atoms with Gasteiger partial charge in [-0.2, -0.15) is 0 Å². The summed E-state index contributed by atoms with van der Waals surface area (Å²) in [5.41, 5.74) is 2.03. The number of thioether (sulfide) groups is 1. The summed E-state index contributed by atoms with van der Waals surface area (Å²) in [6.07, 6.45) is 1.22. The van der Waals surface area contributed by atoms with Gasteiger partial charge in [0.2, 0.25) is 5.91 Å². The van der Waals surface area contributed by atoms with Crippen molar-refractivity contribution in [3.05, 3.63) is 23.8 Å². The number of hydrogen-bond acceptors (Lipinski definition) is 3. The van der Waals surface area contributed by atoms with Crippen molar-refractivity contribution in [2.45, 2.75) is 38.1 Å². The van der Waals surface area contributed by atoms with Crippen LogP contribution in [-0.4, -0.2) is 18.2 Å². The highest BCUT2D eigenvalue weighted by atomic mass is 32.2. The lowest BCUT2D eigenvalue weighted by Crippen LogP contribution is -2.27. The van der Waals surface area contributed by atoms with E-state index in [-0.39, 0.29) is 11.9 Å². The van der Waals surface area contributed by atoms with Crippen LogP contribution in [0.1, 0.15) is 38.8 Å². The largest absolute Gasteiger partial charge is 0.324 e. The maximum atomic E-state index is 11.9. The molecular weight excluding hydrogens is 256 g/mol. The molecule has 0 saturated carbocycles. The fourth-order valence-corrected chi connectivity index (χ4v) is 3.34. The van der Waals surface area contributed by atoms with E-state index in [0.29, 0.717) is 0 Å². The number of benzene rings is 1. The first-order valence-electron chi connectivity index (χ1n) is 6.92. The van der Waals surface area contributed by atoms with Gasteiger partial charge >= 0.3 is 0 Å². The van der Waals surface area contributed by atoms with Gasteiger partial charge < -0.3 is 10.6 Å². The highest BCUT2D eigenvalue weighted by Crippen LogP contribution is 2.34. The van der Waals surface area contributed by atoms with E-state index in [4.69, 9.17) is 0 Å². The zero-order valence-corrected chi connectivity index (χ0v) is 12.6. The molecule has 0 aromatic heterocycles. The van der Waals surface area contributed by atoms with E-state index >= 15 is 0 Å². The van der Waals surface area contributed by atoms with Crippen LogP contribution in [0.2, 0.25) is 0 Å². The minimum atomic E-state index is -0.185. The van der Waals surface area contributed by atoms with Crippen molar-refractivity contribution < 1.29 is 4.79 Å². The highest BCUT2D eigenvalue weighted by Gasteiger charge is 2.29. The molecule has 19 heavy (non-hydrogen) atoms. The maximum Gasteiger partial charge on any atom is 0.246 e. The van der Waals surface area contributed by atoms with Gasteiger partial charge in [-0.1, -0.05) is 26.8 Å². The monoisotopic (exact) mass is 278 g/mol. The molecule has 0 spiro atoms. The van der Waals surface area contributed by atoms with Gasteiger partial charge in [0.15, 0.2) is 0 Å². The van der Waals surface area contributed by atoms with Crippen molar-refractivity contribution in [1.82, 2.24) is 5.32 Å². The van der Waals surface area contributed by atoms with Gasteiger partial charge in [0.05, 0.1) is 0 Å². The predicted molar refractivity (Wildman–Crippen MR) is 81.7 cm³/mol. The standard InChI is InChI=1S/C15H22N2OS/c1-4-16-14-12-6-5-11(19-8-7-10(2)3)9-13(12)17-15(14)18/h5-6,9-10,14,16H,4,7-8H2,1-3H3,(H,17,18). The van der Waals surface area contributed by atoms with E-state index in [2.05, 4.69) is 42.7 Å². The molecule has 0 fully saturated rings. The number of anilines is 1. The number of amides is 1. The third-order valence-corrected chi connectivity index (χ3v) is 4.26. The molecule has 0 radical (unpaired) electrons. The number of carbonyl (C=O) groups is 1. The molecule has 4 heteroatoms. The van der Waals surface area contributed by atoms with Crippen molar-refractivity contribution in [2.75, 3.05) is 17.6 Å². The first-order valence-corrected chi connectivity index (χ1v) is 7.91. The molecule has 0 saturated heterocycles. The van der Waals surface area contributed by atoms with Gasteiger partial charge in [-0.15, -0.1) is 11.8 Å². The average molecular weight is 278 g/mol. The molecule has 1 aliphatic rings. The Kier molecular flexibility index (Phi) is 4.88. The fourth-order valence-electron chi connectivity index (χ4n) is 2.15. The fraction of sp³-hybridized carbons (Fsp3) is 0.533. The summed E-state index contributed by atoms with van der Waals surface area (Å²) in [4.78, 5) is 13.1. The molecule has 1 heterocycles. The van der Waals surface area contributed by atoms with Crippen molar-refractivity contribution in [3.63, 3.8) is 0 Å². The summed E-state index contributed by atoms with van der Waals surface area (Å²) < 4.78 is 0. The van der Waals surface area contributed by atoms with E-state index in [1.807, 2.05) is 18.7 Å². The minimum Gasteiger partial charge on any atom is -0.324 e. The van der Waals surface area contributed by atoms with Crippen LogP contribution in [0, 0.1) is 5.92 Å². The van der Waals surface area contributed by atoms with Crippen molar-refractivity contribution in [3.8, 4) is 0 Å². The molecule has 1 aromatic rings. The third-order valence-electron chi connectivity index (χ3n) is 3.23. The SMILES string of the molecule is CCNC1C(=O)Nc2cc(SCCC(C)C)ccc21. The van der Waals surface area contributed by atoms with Gasteiger partial charge in [-0.3, -0.25) is 4.79 Å². The number of carbonyl (C=O) groups excluding carboxylic acids is 1. The Labute approximate surface area is 119 Å². The quantitative estimate of drug-likeness (QED) is 0.783. The smallest absolute Gasteiger partial charge is 0.246 e. The Morgan fingerprint density at radius 1 is 1.42 bits per heavy atom. The number of hydrogen-bond donors (Lipinski definition) is 2. The van der Waals surface area contributed by atoms with Gasteiger partial charge in [0.1, 0.15) is 6.04 Å². The lowest BCUT2D eigenvalue weighted by atomic mass is 10.1. The lowest BCUT2D eigenvalue weighted by Gasteiger charge is -2.09. The minimum absolute atomic E-state index is 0.0566. The van der Waals surface area contributed by atoms with E-state index in [0.717, 1.165) is 29.5 Å². The topological polar surface area (TPSA) is 41.1 Å².